The minimum absolute atomic E-state index is 0.0239. The van der Waals surface area contributed by atoms with E-state index in [-0.39, 0.29) is 12.1 Å². The van der Waals surface area contributed by atoms with Gasteiger partial charge in [0.2, 0.25) is 0 Å². The van der Waals surface area contributed by atoms with Gasteiger partial charge in [0.1, 0.15) is 5.75 Å². The van der Waals surface area contributed by atoms with Crippen LogP contribution in [0.3, 0.4) is 0 Å². The summed E-state index contributed by atoms with van der Waals surface area (Å²) in [5.74, 6) is -2.18. The highest BCUT2D eigenvalue weighted by molar-refractivity contribution is 6.34. The van der Waals surface area contributed by atoms with Crippen molar-refractivity contribution in [3.05, 3.63) is 65.7 Å². The zero-order valence-corrected chi connectivity index (χ0v) is 13.2. The number of carbonyl (C=O) groups is 2. The van der Waals surface area contributed by atoms with Crippen LogP contribution in [0.1, 0.15) is 11.1 Å². The van der Waals surface area contributed by atoms with Crippen LogP contribution in [-0.4, -0.2) is 23.3 Å². The van der Waals surface area contributed by atoms with Crippen LogP contribution in [0.4, 0.5) is 18.9 Å². The summed E-state index contributed by atoms with van der Waals surface area (Å²) in [5.41, 5.74) is 1.39. The van der Waals surface area contributed by atoms with Crippen molar-refractivity contribution in [2.75, 3.05) is 4.90 Å². The molecule has 0 fully saturated rings. The molecule has 0 saturated carbocycles. The number of anilines is 1. The lowest BCUT2D eigenvalue weighted by molar-refractivity contribution is -0.274. The summed E-state index contributed by atoms with van der Waals surface area (Å²) in [6.45, 7) is -0.0259. The Hall–Kier alpha value is -3.29. The van der Waals surface area contributed by atoms with E-state index in [9.17, 15) is 22.8 Å². The van der Waals surface area contributed by atoms with Crippen LogP contribution in [0.25, 0.3) is 5.57 Å². The van der Waals surface area contributed by atoms with Crippen molar-refractivity contribution < 1.29 is 32.6 Å². The second-order valence-electron chi connectivity index (χ2n) is 5.50. The number of hydrogen-bond donors (Lipinski definition) is 1. The van der Waals surface area contributed by atoms with Crippen molar-refractivity contribution in [3.63, 3.8) is 0 Å². The Morgan fingerprint density at radius 1 is 1.15 bits per heavy atom. The number of amides is 1. The van der Waals surface area contributed by atoms with Crippen molar-refractivity contribution in [2.45, 2.75) is 12.9 Å². The molecule has 8 heteroatoms. The van der Waals surface area contributed by atoms with Gasteiger partial charge in [0.25, 0.3) is 5.91 Å². The van der Waals surface area contributed by atoms with Crippen LogP contribution < -0.4 is 9.64 Å². The number of halogens is 3. The molecule has 1 aliphatic heterocycles. The number of alkyl halides is 3. The second kappa shape index (κ2) is 6.55. The molecular formula is C18H12F3NO4. The van der Waals surface area contributed by atoms with E-state index < -0.39 is 24.0 Å². The number of rotatable bonds is 4. The summed E-state index contributed by atoms with van der Waals surface area (Å²) in [6, 6.07) is 11.9. The number of benzene rings is 2. The average Bonchev–Trinajstić information content (AvgIpc) is 2.79. The second-order valence-corrected chi connectivity index (χ2v) is 5.50. The summed E-state index contributed by atoms with van der Waals surface area (Å²) < 4.78 is 41.0. The normalized spacial score (nSPS) is 15.3. The molecule has 1 N–H and O–H groups in total. The zero-order valence-electron chi connectivity index (χ0n) is 13.2. The molecule has 0 spiro atoms. The van der Waals surface area contributed by atoms with E-state index in [4.69, 9.17) is 5.11 Å². The summed E-state index contributed by atoms with van der Waals surface area (Å²) in [6.07, 6.45) is -3.99. The predicted octanol–water partition coefficient (Wildman–Crippen LogP) is 3.60. The van der Waals surface area contributed by atoms with Gasteiger partial charge in [-0.25, -0.2) is 4.79 Å². The Morgan fingerprint density at radius 2 is 1.88 bits per heavy atom. The van der Waals surface area contributed by atoms with Gasteiger partial charge in [-0.2, -0.15) is 0 Å². The van der Waals surface area contributed by atoms with Gasteiger partial charge in [-0.05, 0) is 23.8 Å². The van der Waals surface area contributed by atoms with Crippen molar-refractivity contribution in [1.29, 1.82) is 0 Å². The zero-order chi connectivity index (χ0) is 18.9. The molecule has 0 bridgehead atoms. The monoisotopic (exact) mass is 363 g/mol. The molecule has 2 aromatic carbocycles. The van der Waals surface area contributed by atoms with Crippen LogP contribution in [0.5, 0.6) is 5.75 Å². The van der Waals surface area contributed by atoms with E-state index in [0.29, 0.717) is 16.8 Å². The number of carboxylic acids is 1. The fourth-order valence-electron chi connectivity index (χ4n) is 2.75. The molecule has 1 aliphatic rings. The number of carbonyl (C=O) groups excluding carboxylic acids is 1. The largest absolute Gasteiger partial charge is 0.573 e. The van der Waals surface area contributed by atoms with Crippen molar-refractivity contribution in [2.24, 2.45) is 0 Å². The third-order valence-electron chi connectivity index (χ3n) is 3.70. The van der Waals surface area contributed by atoms with Gasteiger partial charge in [0, 0.05) is 11.6 Å². The van der Waals surface area contributed by atoms with Gasteiger partial charge >= 0.3 is 12.3 Å². The first kappa shape index (κ1) is 17.5. The average molecular weight is 363 g/mol. The van der Waals surface area contributed by atoms with E-state index in [0.717, 1.165) is 12.1 Å². The van der Waals surface area contributed by atoms with Crippen LogP contribution >= 0.6 is 0 Å². The van der Waals surface area contributed by atoms with E-state index in [1.165, 1.54) is 17.0 Å². The smallest absolute Gasteiger partial charge is 0.478 e. The molecule has 1 heterocycles. The van der Waals surface area contributed by atoms with Gasteiger partial charge in [-0.1, -0.05) is 30.3 Å². The standard InChI is InChI=1S/C18H12F3NO4/c19-18(20,21)26-12-5-3-4-11(8-12)10-22-15-7-2-1-6-13(15)14(17(22)25)9-16(23)24/h1-9H,10H2,(H,23,24)/b14-9-. The van der Waals surface area contributed by atoms with Crippen molar-refractivity contribution in [1.82, 2.24) is 0 Å². The van der Waals surface area contributed by atoms with Gasteiger partial charge in [0.05, 0.1) is 17.8 Å². The summed E-state index contributed by atoms with van der Waals surface area (Å²) in [4.78, 5) is 24.9. The molecule has 134 valence electrons. The number of carboxylic acid groups (broad SMARTS) is 1. The SMILES string of the molecule is O=C(O)/C=C1\C(=O)N(Cc2cccc(OC(F)(F)F)c2)c2ccccc21. The van der Waals surface area contributed by atoms with Crippen molar-refractivity contribution >= 4 is 23.1 Å². The molecule has 3 rings (SSSR count). The van der Waals surface area contributed by atoms with Crippen LogP contribution in [-0.2, 0) is 16.1 Å². The molecule has 1 amide bonds. The van der Waals surface area contributed by atoms with Gasteiger partial charge in [-0.15, -0.1) is 13.2 Å². The molecule has 5 nitrogen and oxygen atoms in total. The Bertz CT molecular complexity index is 905. The quantitative estimate of drug-likeness (QED) is 0.843. The highest BCUT2D eigenvalue weighted by atomic mass is 19.4. The maximum atomic E-state index is 12.6. The van der Waals surface area contributed by atoms with Gasteiger partial charge < -0.3 is 14.7 Å². The third-order valence-corrected chi connectivity index (χ3v) is 3.70. The van der Waals surface area contributed by atoms with Crippen LogP contribution in [0, 0.1) is 0 Å². The fourth-order valence-corrected chi connectivity index (χ4v) is 2.75. The van der Waals surface area contributed by atoms with Gasteiger partial charge in [0.15, 0.2) is 0 Å². The summed E-state index contributed by atoms with van der Waals surface area (Å²) in [7, 11) is 0. The minimum Gasteiger partial charge on any atom is -0.478 e. The third kappa shape index (κ3) is 3.69. The minimum atomic E-state index is -4.81. The van der Waals surface area contributed by atoms with Crippen LogP contribution in [0.15, 0.2) is 54.6 Å². The maximum Gasteiger partial charge on any atom is 0.573 e. The van der Waals surface area contributed by atoms with E-state index in [2.05, 4.69) is 4.74 Å². The first-order valence-corrected chi connectivity index (χ1v) is 7.45. The topological polar surface area (TPSA) is 66.8 Å². The molecule has 2 aromatic rings. The maximum absolute atomic E-state index is 12.6. The highest BCUT2D eigenvalue weighted by Gasteiger charge is 2.33. The fraction of sp³-hybridized carbons (Fsp3) is 0.111. The number of aliphatic carboxylic acids is 1. The summed E-state index contributed by atoms with van der Waals surface area (Å²) >= 11 is 0. The number of hydrogen-bond acceptors (Lipinski definition) is 3. The Kier molecular flexibility index (Phi) is 4.41. The summed E-state index contributed by atoms with van der Waals surface area (Å²) in [5, 5.41) is 8.97. The lowest BCUT2D eigenvalue weighted by atomic mass is 10.1. The molecule has 26 heavy (non-hydrogen) atoms. The number of para-hydroxylation sites is 1. The van der Waals surface area contributed by atoms with E-state index in [1.807, 2.05) is 0 Å². The number of nitrogens with zero attached hydrogens (tertiary/aromatic N) is 1. The Balaban J connectivity index is 1.92. The number of fused-ring (bicyclic) bond motifs is 1. The van der Waals surface area contributed by atoms with Gasteiger partial charge in [-0.3, -0.25) is 4.79 Å². The van der Waals surface area contributed by atoms with Crippen molar-refractivity contribution in [3.8, 4) is 5.75 Å². The highest BCUT2D eigenvalue weighted by Crippen LogP contribution is 2.37. The first-order chi connectivity index (χ1) is 12.2. The molecule has 0 saturated heterocycles. The molecule has 0 aliphatic carbocycles. The molecule has 0 aromatic heterocycles. The Morgan fingerprint density at radius 3 is 2.58 bits per heavy atom. The molecule has 0 unspecified atom stereocenters. The van der Waals surface area contributed by atoms with E-state index in [1.54, 1.807) is 30.3 Å². The molecular weight excluding hydrogens is 351 g/mol. The predicted molar refractivity (Wildman–Crippen MR) is 86.4 cm³/mol. The van der Waals surface area contributed by atoms with E-state index >= 15 is 0 Å². The Labute approximate surface area is 145 Å². The lowest BCUT2D eigenvalue weighted by Crippen LogP contribution is -2.26. The number of ether oxygens (including phenoxy) is 1. The first-order valence-electron chi connectivity index (χ1n) is 7.45. The molecule has 0 atom stereocenters. The van der Waals surface area contributed by atoms with Crippen LogP contribution in [0.2, 0.25) is 0 Å². The molecule has 0 radical (unpaired) electrons. The lowest BCUT2D eigenvalue weighted by Gasteiger charge is -2.18.